The van der Waals surface area contributed by atoms with E-state index in [1.165, 1.54) is 14.2 Å². The molecule has 1 aromatic rings. The Balaban J connectivity index is 1.91. The Morgan fingerprint density at radius 1 is 1.08 bits per heavy atom. The molecule has 0 spiro atoms. The Hall–Kier alpha value is -2.24. The zero-order chi connectivity index (χ0) is 18.4. The maximum Gasteiger partial charge on any atom is 0.251 e. The third-order valence-corrected chi connectivity index (χ3v) is 4.94. The van der Waals surface area contributed by atoms with Crippen LogP contribution in [0.4, 0.5) is 0 Å². The lowest BCUT2D eigenvalue weighted by Crippen LogP contribution is -2.44. The number of nitrogens with one attached hydrogen (secondary N) is 1. The minimum atomic E-state index is -0.323. The molecule has 2 rings (SSSR count). The van der Waals surface area contributed by atoms with E-state index in [0.717, 1.165) is 31.6 Å². The van der Waals surface area contributed by atoms with E-state index in [1.54, 1.807) is 23.1 Å². The lowest BCUT2D eigenvalue weighted by atomic mass is 9.87. The SMILES string of the molecule is COc1cc(OC)cc(C(=O)NCC(=O)N(C)C2CCC(C)CC2)c1. The van der Waals surface area contributed by atoms with Gasteiger partial charge in [0.1, 0.15) is 11.5 Å². The van der Waals surface area contributed by atoms with Gasteiger partial charge in [-0.05, 0) is 43.7 Å². The molecule has 2 amide bonds. The van der Waals surface area contributed by atoms with E-state index in [2.05, 4.69) is 12.2 Å². The maximum absolute atomic E-state index is 12.4. The van der Waals surface area contributed by atoms with Gasteiger partial charge in [0.2, 0.25) is 5.91 Å². The van der Waals surface area contributed by atoms with E-state index in [0.29, 0.717) is 17.1 Å². The van der Waals surface area contributed by atoms with Gasteiger partial charge in [-0.2, -0.15) is 0 Å². The van der Waals surface area contributed by atoms with Crippen LogP contribution in [0.2, 0.25) is 0 Å². The third-order valence-electron chi connectivity index (χ3n) is 4.94. The van der Waals surface area contributed by atoms with Gasteiger partial charge in [-0.1, -0.05) is 6.92 Å². The number of methoxy groups -OCH3 is 2. The average Bonchev–Trinajstić information content (AvgIpc) is 2.65. The van der Waals surface area contributed by atoms with Gasteiger partial charge >= 0.3 is 0 Å². The summed E-state index contributed by atoms with van der Waals surface area (Å²) < 4.78 is 10.3. The second kappa shape index (κ2) is 8.74. The predicted molar refractivity (Wildman–Crippen MR) is 96.1 cm³/mol. The van der Waals surface area contributed by atoms with Crippen LogP contribution in [0.1, 0.15) is 43.0 Å². The molecule has 25 heavy (non-hydrogen) atoms. The number of rotatable bonds is 6. The number of nitrogens with zero attached hydrogens (tertiary/aromatic N) is 1. The fraction of sp³-hybridized carbons (Fsp3) is 0.579. The van der Waals surface area contributed by atoms with E-state index >= 15 is 0 Å². The van der Waals surface area contributed by atoms with Gasteiger partial charge in [-0.3, -0.25) is 9.59 Å². The van der Waals surface area contributed by atoms with Crippen molar-refractivity contribution in [2.45, 2.75) is 38.6 Å². The molecule has 1 N–H and O–H groups in total. The highest BCUT2D eigenvalue weighted by atomic mass is 16.5. The Morgan fingerprint density at radius 2 is 1.64 bits per heavy atom. The topological polar surface area (TPSA) is 67.9 Å². The van der Waals surface area contributed by atoms with Crippen molar-refractivity contribution < 1.29 is 19.1 Å². The summed E-state index contributed by atoms with van der Waals surface area (Å²) in [4.78, 5) is 26.5. The molecule has 0 heterocycles. The molecule has 138 valence electrons. The van der Waals surface area contributed by atoms with E-state index in [4.69, 9.17) is 9.47 Å². The van der Waals surface area contributed by atoms with Gasteiger partial charge in [-0.15, -0.1) is 0 Å². The van der Waals surface area contributed by atoms with Gasteiger partial charge < -0.3 is 19.7 Å². The van der Waals surface area contributed by atoms with Crippen LogP contribution < -0.4 is 14.8 Å². The van der Waals surface area contributed by atoms with E-state index in [1.807, 2.05) is 7.05 Å². The highest BCUT2D eigenvalue weighted by Crippen LogP contribution is 2.26. The monoisotopic (exact) mass is 348 g/mol. The van der Waals surface area contributed by atoms with Gasteiger partial charge in [-0.25, -0.2) is 0 Å². The molecule has 1 aliphatic rings. The molecule has 1 aromatic carbocycles. The first-order valence-electron chi connectivity index (χ1n) is 8.71. The van der Waals surface area contributed by atoms with Crippen LogP contribution in [-0.4, -0.2) is 50.6 Å². The first-order chi connectivity index (χ1) is 11.9. The van der Waals surface area contributed by atoms with Gasteiger partial charge in [0.15, 0.2) is 0 Å². The van der Waals surface area contributed by atoms with Crippen LogP contribution in [-0.2, 0) is 4.79 Å². The second-order valence-electron chi connectivity index (χ2n) is 6.70. The van der Waals surface area contributed by atoms with Crippen molar-refractivity contribution in [3.63, 3.8) is 0 Å². The molecule has 1 aliphatic carbocycles. The van der Waals surface area contributed by atoms with E-state index in [-0.39, 0.29) is 24.4 Å². The molecule has 6 heteroatoms. The quantitative estimate of drug-likeness (QED) is 0.857. The molecule has 1 fully saturated rings. The first-order valence-corrected chi connectivity index (χ1v) is 8.71. The zero-order valence-corrected chi connectivity index (χ0v) is 15.5. The second-order valence-corrected chi connectivity index (χ2v) is 6.70. The number of likely N-dealkylation sites (N-methyl/N-ethyl adjacent to an activating group) is 1. The van der Waals surface area contributed by atoms with Crippen LogP contribution in [0.3, 0.4) is 0 Å². The summed E-state index contributed by atoms with van der Waals surface area (Å²) in [6.45, 7) is 2.24. The van der Waals surface area contributed by atoms with Crippen molar-refractivity contribution in [1.29, 1.82) is 0 Å². The Labute approximate surface area is 149 Å². The van der Waals surface area contributed by atoms with Gasteiger partial charge in [0.25, 0.3) is 5.91 Å². The lowest BCUT2D eigenvalue weighted by molar-refractivity contribution is -0.131. The highest BCUT2D eigenvalue weighted by Gasteiger charge is 2.25. The van der Waals surface area contributed by atoms with Crippen molar-refractivity contribution in [2.24, 2.45) is 5.92 Å². The van der Waals surface area contributed by atoms with Crippen molar-refractivity contribution in [3.8, 4) is 11.5 Å². The maximum atomic E-state index is 12.4. The standard InChI is InChI=1S/C19H28N2O4/c1-13-5-7-15(8-6-13)21(2)18(22)12-20-19(23)14-9-16(24-3)11-17(10-14)25-4/h9-11,13,15H,5-8,12H2,1-4H3,(H,20,23). The smallest absolute Gasteiger partial charge is 0.251 e. The molecule has 0 saturated heterocycles. The Morgan fingerprint density at radius 3 is 2.16 bits per heavy atom. The Bertz CT molecular complexity index is 587. The number of hydrogen-bond donors (Lipinski definition) is 1. The van der Waals surface area contributed by atoms with E-state index < -0.39 is 0 Å². The first kappa shape index (κ1) is 19.1. The van der Waals surface area contributed by atoms with Crippen LogP contribution in [0.5, 0.6) is 11.5 Å². The number of benzene rings is 1. The van der Waals surface area contributed by atoms with Crippen molar-refractivity contribution >= 4 is 11.8 Å². The number of amides is 2. The number of carbonyl (C=O) groups is 2. The summed E-state index contributed by atoms with van der Waals surface area (Å²) in [5.74, 6) is 1.41. The number of ether oxygens (including phenoxy) is 2. The van der Waals surface area contributed by atoms with Crippen LogP contribution in [0, 0.1) is 5.92 Å². The zero-order valence-electron chi connectivity index (χ0n) is 15.5. The molecular weight excluding hydrogens is 320 g/mol. The lowest BCUT2D eigenvalue weighted by Gasteiger charge is -2.33. The fourth-order valence-electron chi connectivity index (χ4n) is 3.15. The summed E-state index contributed by atoms with van der Waals surface area (Å²) in [6.07, 6.45) is 4.37. The third kappa shape index (κ3) is 5.11. The predicted octanol–water partition coefficient (Wildman–Crippen LogP) is 2.47. The minimum Gasteiger partial charge on any atom is -0.497 e. The summed E-state index contributed by atoms with van der Waals surface area (Å²) in [6, 6.07) is 5.21. The molecule has 1 saturated carbocycles. The summed E-state index contributed by atoms with van der Waals surface area (Å²) >= 11 is 0. The van der Waals surface area contributed by atoms with Crippen molar-refractivity contribution in [2.75, 3.05) is 27.8 Å². The summed E-state index contributed by atoms with van der Waals surface area (Å²) in [7, 11) is 4.88. The molecule has 0 unspecified atom stereocenters. The molecule has 0 radical (unpaired) electrons. The molecular formula is C19H28N2O4. The molecule has 0 aliphatic heterocycles. The molecule has 6 nitrogen and oxygen atoms in total. The minimum absolute atomic E-state index is 0.0130. The number of carbonyl (C=O) groups excluding carboxylic acids is 2. The summed E-state index contributed by atoms with van der Waals surface area (Å²) in [5.41, 5.74) is 0.401. The average molecular weight is 348 g/mol. The van der Waals surface area contributed by atoms with Gasteiger partial charge in [0, 0.05) is 24.7 Å². The van der Waals surface area contributed by atoms with Crippen LogP contribution in [0.15, 0.2) is 18.2 Å². The van der Waals surface area contributed by atoms with Crippen molar-refractivity contribution in [3.05, 3.63) is 23.8 Å². The van der Waals surface area contributed by atoms with Crippen LogP contribution >= 0.6 is 0 Å². The number of hydrogen-bond acceptors (Lipinski definition) is 4. The molecule has 0 bridgehead atoms. The molecule has 0 atom stereocenters. The normalized spacial score (nSPS) is 19.8. The highest BCUT2D eigenvalue weighted by molar-refractivity contribution is 5.97. The summed E-state index contributed by atoms with van der Waals surface area (Å²) in [5, 5.41) is 2.69. The molecule has 0 aromatic heterocycles. The fourth-order valence-corrected chi connectivity index (χ4v) is 3.15. The Kier molecular flexibility index (Phi) is 6.67. The van der Waals surface area contributed by atoms with E-state index in [9.17, 15) is 9.59 Å². The van der Waals surface area contributed by atoms with Crippen LogP contribution in [0.25, 0.3) is 0 Å². The van der Waals surface area contributed by atoms with Crippen molar-refractivity contribution in [1.82, 2.24) is 10.2 Å². The van der Waals surface area contributed by atoms with Gasteiger partial charge in [0.05, 0.1) is 20.8 Å². The largest absolute Gasteiger partial charge is 0.497 e.